The minimum atomic E-state index is 0.186. The quantitative estimate of drug-likeness (QED) is 0.746. The van der Waals surface area contributed by atoms with Gasteiger partial charge in [-0.1, -0.05) is 0 Å². The maximum absolute atomic E-state index is 8.90. The maximum Gasteiger partial charge on any atom is 0.0949 e. The summed E-state index contributed by atoms with van der Waals surface area (Å²) in [7, 11) is 1.73. The molecule has 1 N–H and O–H groups in total. The minimum Gasteiger partial charge on any atom is -0.395 e. The van der Waals surface area contributed by atoms with Gasteiger partial charge in [0, 0.05) is 39.1 Å². The summed E-state index contributed by atoms with van der Waals surface area (Å²) >= 11 is 0. The summed E-state index contributed by atoms with van der Waals surface area (Å²) in [6.07, 6.45) is 5.74. The molecule has 5 heteroatoms. The van der Waals surface area contributed by atoms with Crippen LogP contribution in [-0.4, -0.2) is 59.0 Å². The van der Waals surface area contributed by atoms with E-state index in [1.807, 2.05) is 12.5 Å². The lowest BCUT2D eigenvalue weighted by Crippen LogP contribution is -2.25. The molecular weight excluding hydrogens is 194 g/mol. The van der Waals surface area contributed by atoms with Gasteiger partial charge < -0.3 is 14.4 Å². The third-order valence-electron chi connectivity index (χ3n) is 2.94. The van der Waals surface area contributed by atoms with Crippen molar-refractivity contribution in [2.75, 3.05) is 33.4 Å². The Hall–Kier alpha value is -0.910. The largest absolute Gasteiger partial charge is 0.395 e. The highest BCUT2D eigenvalue weighted by atomic mass is 16.5. The van der Waals surface area contributed by atoms with Crippen LogP contribution in [0.25, 0.3) is 0 Å². The Labute approximate surface area is 89.3 Å². The van der Waals surface area contributed by atoms with E-state index in [4.69, 9.17) is 9.84 Å². The summed E-state index contributed by atoms with van der Waals surface area (Å²) in [6.45, 7) is 2.70. The molecule has 1 aliphatic rings. The number of ether oxygens (including phenoxy) is 1. The molecule has 1 aromatic heterocycles. The lowest BCUT2D eigenvalue weighted by atomic mass is 10.2. The average Bonchev–Trinajstić information content (AvgIpc) is 2.84. The molecule has 1 aromatic rings. The van der Waals surface area contributed by atoms with E-state index in [1.165, 1.54) is 0 Å². The molecule has 0 saturated carbocycles. The molecule has 2 rings (SSSR count). The highest BCUT2D eigenvalue weighted by Gasteiger charge is 2.33. The van der Waals surface area contributed by atoms with Crippen molar-refractivity contribution in [3.63, 3.8) is 0 Å². The average molecular weight is 211 g/mol. The second-order valence-electron chi connectivity index (χ2n) is 3.83. The summed E-state index contributed by atoms with van der Waals surface area (Å²) in [4.78, 5) is 6.25. The molecule has 0 bridgehead atoms. The summed E-state index contributed by atoms with van der Waals surface area (Å²) in [5, 5.41) is 8.90. The fraction of sp³-hybridized carbons (Fsp3) is 0.700. The number of aromatic nitrogens is 2. The fourth-order valence-corrected chi connectivity index (χ4v) is 2.14. The van der Waals surface area contributed by atoms with Gasteiger partial charge in [0.15, 0.2) is 0 Å². The van der Waals surface area contributed by atoms with Crippen LogP contribution in [0.3, 0.4) is 0 Å². The SMILES string of the molecule is CO[C@H]1CN(CCO)C[C@@H]1n1ccnc1. The van der Waals surface area contributed by atoms with E-state index in [-0.39, 0.29) is 12.7 Å². The van der Waals surface area contributed by atoms with Crippen molar-refractivity contribution in [1.29, 1.82) is 0 Å². The van der Waals surface area contributed by atoms with Crippen LogP contribution in [0.1, 0.15) is 6.04 Å². The number of imidazole rings is 1. The molecule has 0 amide bonds. The van der Waals surface area contributed by atoms with Gasteiger partial charge in [-0.05, 0) is 0 Å². The van der Waals surface area contributed by atoms with Crippen LogP contribution < -0.4 is 0 Å². The molecule has 1 saturated heterocycles. The minimum absolute atomic E-state index is 0.186. The van der Waals surface area contributed by atoms with Crippen LogP contribution in [0, 0.1) is 0 Å². The van der Waals surface area contributed by atoms with E-state index < -0.39 is 0 Å². The maximum atomic E-state index is 8.90. The van der Waals surface area contributed by atoms with Crippen LogP contribution in [0.4, 0.5) is 0 Å². The number of aliphatic hydroxyl groups excluding tert-OH is 1. The molecular formula is C10H17N3O2. The Morgan fingerprint density at radius 3 is 3.00 bits per heavy atom. The number of methoxy groups -OCH3 is 1. The standard InChI is InChI=1S/C10H17N3O2/c1-15-10-7-12(4-5-14)6-9(10)13-3-2-11-8-13/h2-3,8-10,14H,4-7H2,1H3/t9-,10-/m0/s1. The molecule has 2 heterocycles. The van der Waals surface area contributed by atoms with Gasteiger partial charge in [-0.25, -0.2) is 4.98 Å². The normalized spacial score (nSPS) is 27.3. The van der Waals surface area contributed by atoms with Gasteiger partial charge >= 0.3 is 0 Å². The number of β-amino-alcohol motifs (C(OH)–C–C–N with tert-alkyl or cyclic N) is 1. The second kappa shape index (κ2) is 4.74. The summed E-state index contributed by atoms with van der Waals surface area (Å²) in [6, 6.07) is 0.309. The molecule has 0 aromatic carbocycles. The third-order valence-corrected chi connectivity index (χ3v) is 2.94. The number of rotatable bonds is 4. The number of nitrogens with zero attached hydrogens (tertiary/aromatic N) is 3. The summed E-state index contributed by atoms with van der Waals surface area (Å²) < 4.78 is 7.53. The zero-order valence-electron chi connectivity index (χ0n) is 8.91. The summed E-state index contributed by atoms with van der Waals surface area (Å²) in [5.74, 6) is 0. The van der Waals surface area contributed by atoms with E-state index in [1.54, 1.807) is 13.3 Å². The smallest absolute Gasteiger partial charge is 0.0949 e. The molecule has 2 atom stereocenters. The van der Waals surface area contributed by atoms with Crippen LogP contribution in [0.2, 0.25) is 0 Å². The highest BCUT2D eigenvalue weighted by molar-refractivity contribution is 4.92. The molecule has 15 heavy (non-hydrogen) atoms. The van der Waals surface area contributed by atoms with Crippen molar-refractivity contribution < 1.29 is 9.84 Å². The molecule has 5 nitrogen and oxygen atoms in total. The Bertz CT molecular complexity index is 289. The van der Waals surface area contributed by atoms with Gasteiger partial charge in [0.05, 0.1) is 25.1 Å². The van der Waals surface area contributed by atoms with Gasteiger partial charge in [0.1, 0.15) is 0 Å². The van der Waals surface area contributed by atoms with Crippen LogP contribution in [-0.2, 0) is 4.74 Å². The number of hydrogen-bond donors (Lipinski definition) is 1. The van der Waals surface area contributed by atoms with Crippen LogP contribution in [0.15, 0.2) is 18.7 Å². The first kappa shape index (κ1) is 10.6. The van der Waals surface area contributed by atoms with Gasteiger partial charge in [0.2, 0.25) is 0 Å². The van der Waals surface area contributed by atoms with E-state index in [9.17, 15) is 0 Å². The van der Waals surface area contributed by atoms with Crippen molar-refractivity contribution in [2.45, 2.75) is 12.1 Å². The molecule has 0 unspecified atom stereocenters. The first-order valence-corrected chi connectivity index (χ1v) is 5.18. The topological polar surface area (TPSA) is 50.5 Å². The van der Waals surface area contributed by atoms with E-state index in [0.29, 0.717) is 12.6 Å². The van der Waals surface area contributed by atoms with Crippen LogP contribution >= 0.6 is 0 Å². The van der Waals surface area contributed by atoms with E-state index >= 15 is 0 Å². The molecule has 0 radical (unpaired) electrons. The second-order valence-corrected chi connectivity index (χ2v) is 3.83. The predicted molar refractivity (Wildman–Crippen MR) is 55.6 cm³/mol. The van der Waals surface area contributed by atoms with Gasteiger partial charge in [-0.3, -0.25) is 4.90 Å². The van der Waals surface area contributed by atoms with Gasteiger partial charge in [0.25, 0.3) is 0 Å². The Morgan fingerprint density at radius 2 is 2.40 bits per heavy atom. The van der Waals surface area contributed by atoms with E-state index in [2.05, 4.69) is 14.5 Å². The fourth-order valence-electron chi connectivity index (χ4n) is 2.14. The molecule has 1 aliphatic heterocycles. The number of likely N-dealkylation sites (tertiary alicyclic amines) is 1. The molecule has 84 valence electrons. The summed E-state index contributed by atoms with van der Waals surface area (Å²) in [5.41, 5.74) is 0. The van der Waals surface area contributed by atoms with Crippen molar-refractivity contribution in [1.82, 2.24) is 14.5 Å². The lowest BCUT2D eigenvalue weighted by molar-refractivity contribution is 0.0804. The molecule has 1 fully saturated rings. The van der Waals surface area contributed by atoms with Crippen molar-refractivity contribution >= 4 is 0 Å². The number of hydrogen-bond acceptors (Lipinski definition) is 4. The first-order valence-electron chi connectivity index (χ1n) is 5.18. The first-order chi connectivity index (χ1) is 7.35. The lowest BCUT2D eigenvalue weighted by Gasteiger charge is -2.17. The monoisotopic (exact) mass is 211 g/mol. The zero-order valence-corrected chi connectivity index (χ0v) is 8.91. The number of aliphatic hydroxyl groups is 1. The molecule has 0 spiro atoms. The van der Waals surface area contributed by atoms with Gasteiger partial charge in [-0.2, -0.15) is 0 Å². The highest BCUT2D eigenvalue weighted by Crippen LogP contribution is 2.23. The van der Waals surface area contributed by atoms with Crippen molar-refractivity contribution in [2.24, 2.45) is 0 Å². The predicted octanol–water partition coefficient (Wildman–Crippen LogP) is -0.253. The van der Waals surface area contributed by atoms with Crippen LogP contribution in [0.5, 0.6) is 0 Å². The third kappa shape index (κ3) is 2.19. The Kier molecular flexibility index (Phi) is 3.35. The zero-order chi connectivity index (χ0) is 10.7. The molecule has 0 aliphatic carbocycles. The van der Waals surface area contributed by atoms with E-state index in [0.717, 1.165) is 13.1 Å². The Balaban J connectivity index is 2.04. The van der Waals surface area contributed by atoms with Crippen molar-refractivity contribution in [3.05, 3.63) is 18.7 Å². The van der Waals surface area contributed by atoms with Gasteiger partial charge in [-0.15, -0.1) is 0 Å². The Morgan fingerprint density at radius 1 is 1.53 bits per heavy atom. The van der Waals surface area contributed by atoms with Crippen molar-refractivity contribution in [3.8, 4) is 0 Å².